The van der Waals surface area contributed by atoms with Crippen LogP contribution in [0.4, 0.5) is 0 Å². The molecule has 1 aromatic rings. The SMILES string of the molecule is Cc1ccccc1CN1CC(C)(C)C[C@@H]1C. The Hall–Kier alpha value is -0.820. The molecule has 0 spiro atoms. The lowest BCUT2D eigenvalue weighted by atomic mass is 9.91. The first-order valence-corrected chi connectivity index (χ1v) is 6.26. The summed E-state index contributed by atoms with van der Waals surface area (Å²) in [5.41, 5.74) is 3.38. The molecular formula is C15H23N. The van der Waals surface area contributed by atoms with Gasteiger partial charge in [-0.3, -0.25) is 4.90 Å². The van der Waals surface area contributed by atoms with Gasteiger partial charge in [-0.1, -0.05) is 38.1 Å². The van der Waals surface area contributed by atoms with Gasteiger partial charge >= 0.3 is 0 Å². The number of likely N-dealkylation sites (tertiary alicyclic amines) is 1. The minimum absolute atomic E-state index is 0.488. The van der Waals surface area contributed by atoms with E-state index in [1.807, 2.05) is 0 Å². The molecule has 1 aromatic carbocycles. The standard InChI is InChI=1S/C15H23N/c1-12-7-5-6-8-14(12)10-16-11-15(3,4)9-13(16)2/h5-8,13H,9-11H2,1-4H3/t13-/m0/s1. The Morgan fingerprint density at radius 3 is 2.56 bits per heavy atom. The number of rotatable bonds is 2. The van der Waals surface area contributed by atoms with Crippen molar-refractivity contribution in [2.45, 2.75) is 46.7 Å². The third kappa shape index (κ3) is 2.46. The third-order valence-corrected chi connectivity index (χ3v) is 3.74. The molecule has 0 saturated carbocycles. The number of hydrogen-bond donors (Lipinski definition) is 0. The second-order valence-electron chi connectivity index (χ2n) is 6.05. The topological polar surface area (TPSA) is 3.24 Å². The van der Waals surface area contributed by atoms with Crippen molar-refractivity contribution in [2.75, 3.05) is 6.54 Å². The molecule has 0 radical (unpaired) electrons. The molecule has 0 aliphatic carbocycles. The Morgan fingerprint density at radius 1 is 1.31 bits per heavy atom. The Kier molecular flexibility index (Phi) is 3.07. The van der Waals surface area contributed by atoms with Crippen molar-refractivity contribution in [3.63, 3.8) is 0 Å². The summed E-state index contributed by atoms with van der Waals surface area (Å²) in [5, 5.41) is 0. The highest BCUT2D eigenvalue weighted by atomic mass is 15.2. The van der Waals surface area contributed by atoms with Crippen LogP contribution in [0.3, 0.4) is 0 Å². The summed E-state index contributed by atoms with van der Waals surface area (Å²) >= 11 is 0. The van der Waals surface area contributed by atoms with Crippen molar-refractivity contribution in [1.29, 1.82) is 0 Å². The quantitative estimate of drug-likeness (QED) is 0.731. The van der Waals surface area contributed by atoms with Crippen molar-refractivity contribution >= 4 is 0 Å². The zero-order valence-electron chi connectivity index (χ0n) is 11.0. The average molecular weight is 217 g/mol. The van der Waals surface area contributed by atoms with Crippen LogP contribution in [-0.2, 0) is 6.54 Å². The van der Waals surface area contributed by atoms with Crippen LogP contribution in [0.25, 0.3) is 0 Å². The highest BCUT2D eigenvalue weighted by molar-refractivity contribution is 5.25. The summed E-state index contributed by atoms with van der Waals surface area (Å²) in [5.74, 6) is 0. The van der Waals surface area contributed by atoms with Crippen LogP contribution < -0.4 is 0 Å². The van der Waals surface area contributed by atoms with Gasteiger partial charge in [-0.05, 0) is 36.8 Å². The summed E-state index contributed by atoms with van der Waals surface area (Å²) in [6.45, 7) is 11.6. The smallest absolute Gasteiger partial charge is 0.0239 e. The van der Waals surface area contributed by atoms with E-state index < -0.39 is 0 Å². The maximum Gasteiger partial charge on any atom is 0.0239 e. The van der Waals surface area contributed by atoms with E-state index in [2.05, 4.69) is 56.9 Å². The van der Waals surface area contributed by atoms with Crippen LogP contribution in [0.5, 0.6) is 0 Å². The van der Waals surface area contributed by atoms with Gasteiger partial charge in [0.05, 0.1) is 0 Å². The lowest BCUT2D eigenvalue weighted by molar-refractivity contribution is 0.244. The Labute approximate surface area is 99.5 Å². The number of hydrogen-bond acceptors (Lipinski definition) is 1. The normalized spacial score (nSPS) is 24.9. The third-order valence-electron chi connectivity index (χ3n) is 3.74. The van der Waals surface area contributed by atoms with E-state index in [1.165, 1.54) is 24.1 Å². The second-order valence-corrected chi connectivity index (χ2v) is 6.05. The van der Waals surface area contributed by atoms with Gasteiger partial charge in [-0.25, -0.2) is 0 Å². The molecule has 0 unspecified atom stereocenters. The molecule has 0 N–H and O–H groups in total. The van der Waals surface area contributed by atoms with Crippen molar-refractivity contribution in [1.82, 2.24) is 4.90 Å². The predicted octanol–water partition coefficient (Wildman–Crippen LogP) is 3.62. The minimum Gasteiger partial charge on any atom is -0.296 e. The van der Waals surface area contributed by atoms with Gasteiger partial charge in [0.1, 0.15) is 0 Å². The van der Waals surface area contributed by atoms with Crippen molar-refractivity contribution < 1.29 is 0 Å². The van der Waals surface area contributed by atoms with Gasteiger partial charge in [0.25, 0.3) is 0 Å². The van der Waals surface area contributed by atoms with Gasteiger partial charge in [0.15, 0.2) is 0 Å². The first-order valence-electron chi connectivity index (χ1n) is 6.26. The fraction of sp³-hybridized carbons (Fsp3) is 0.600. The number of aryl methyl sites for hydroxylation is 1. The molecule has 0 bridgehead atoms. The Morgan fingerprint density at radius 2 is 2.00 bits per heavy atom. The molecule has 0 aromatic heterocycles. The molecule has 1 atom stereocenters. The van der Waals surface area contributed by atoms with E-state index in [9.17, 15) is 0 Å². The molecule has 1 fully saturated rings. The summed E-state index contributed by atoms with van der Waals surface area (Å²) < 4.78 is 0. The predicted molar refractivity (Wildman–Crippen MR) is 69.4 cm³/mol. The molecule has 1 aliphatic heterocycles. The van der Waals surface area contributed by atoms with Crippen LogP contribution >= 0.6 is 0 Å². The minimum atomic E-state index is 0.488. The first kappa shape index (κ1) is 11.7. The molecule has 1 heterocycles. The maximum absolute atomic E-state index is 2.61. The van der Waals surface area contributed by atoms with Crippen LogP contribution in [0.15, 0.2) is 24.3 Å². The fourth-order valence-electron chi connectivity index (χ4n) is 2.92. The first-order chi connectivity index (χ1) is 7.48. The molecular weight excluding hydrogens is 194 g/mol. The van der Waals surface area contributed by atoms with Crippen molar-refractivity contribution in [3.05, 3.63) is 35.4 Å². The van der Waals surface area contributed by atoms with Crippen LogP contribution in [-0.4, -0.2) is 17.5 Å². The molecule has 88 valence electrons. The van der Waals surface area contributed by atoms with Crippen LogP contribution in [0.1, 0.15) is 38.3 Å². The van der Waals surface area contributed by atoms with Gasteiger partial charge in [-0.15, -0.1) is 0 Å². The van der Waals surface area contributed by atoms with E-state index in [-0.39, 0.29) is 0 Å². The van der Waals surface area contributed by atoms with Crippen LogP contribution in [0, 0.1) is 12.3 Å². The summed E-state index contributed by atoms with van der Waals surface area (Å²) in [6.07, 6.45) is 1.32. The zero-order valence-corrected chi connectivity index (χ0v) is 11.0. The lowest BCUT2D eigenvalue weighted by Crippen LogP contribution is -2.27. The summed E-state index contributed by atoms with van der Waals surface area (Å²) in [7, 11) is 0. The van der Waals surface area contributed by atoms with E-state index in [1.54, 1.807) is 0 Å². The number of nitrogens with zero attached hydrogens (tertiary/aromatic N) is 1. The van der Waals surface area contributed by atoms with E-state index in [4.69, 9.17) is 0 Å². The molecule has 1 aliphatic rings. The van der Waals surface area contributed by atoms with E-state index in [0.717, 1.165) is 12.6 Å². The summed E-state index contributed by atoms with van der Waals surface area (Å²) in [6, 6.07) is 9.45. The Balaban J connectivity index is 2.09. The molecule has 1 nitrogen and oxygen atoms in total. The summed E-state index contributed by atoms with van der Waals surface area (Å²) in [4.78, 5) is 2.61. The molecule has 16 heavy (non-hydrogen) atoms. The second kappa shape index (κ2) is 4.21. The highest BCUT2D eigenvalue weighted by Crippen LogP contribution is 2.34. The van der Waals surface area contributed by atoms with Crippen molar-refractivity contribution in [3.8, 4) is 0 Å². The van der Waals surface area contributed by atoms with Gasteiger partial charge in [0, 0.05) is 19.1 Å². The molecule has 1 heteroatoms. The maximum atomic E-state index is 2.61. The largest absolute Gasteiger partial charge is 0.296 e. The van der Waals surface area contributed by atoms with Crippen LogP contribution in [0.2, 0.25) is 0 Å². The average Bonchev–Trinajstić information content (AvgIpc) is 2.44. The zero-order chi connectivity index (χ0) is 11.8. The highest BCUT2D eigenvalue weighted by Gasteiger charge is 2.34. The monoisotopic (exact) mass is 217 g/mol. The molecule has 0 amide bonds. The van der Waals surface area contributed by atoms with Gasteiger partial charge in [-0.2, -0.15) is 0 Å². The molecule has 2 rings (SSSR count). The number of benzene rings is 1. The molecule has 1 saturated heterocycles. The van der Waals surface area contributed by atoms with Gasteiger partial charge in [0.2, 0.25) is 0 Å². The Bertz CT molecular complexity index is 367. The lowest BCUT2D eigenvalue weighted by Gasteiger charge is -2.23. The van der Waals surface area contributed by atoms with Crippen molar-refractivity contribution in [2.24, 2.45) is 5.41 Å². The van der Waals surface area contributed by atoms with E-state index in [0.29, 0.717) is 5.41 Å². The van der Waals surface area contributed by atoms with Gasteiger partial charge < -0.3 is 0 Å². The van der Waals surface area contributed by atoms with E-state index >= 15 is 0 Å². The fourth-order valence-corrected chi connectivity index (χ4v) is 2.92.